The molecule has 0 aliphatic carbocycles. The molecule has 0 saturated carbocycles. The van der Waals surface area contributed by atoms with Crippen molar-refractivity contribution in [2.24, 2.45) is 0 Å². The lowest BCUT2D eigenvalue weighted by Gasteiger charge is -2.22. The molecule has 0 fully saturated rings. The van der Waals surface area contributed by atoms with Crippen molar-refractivity contribution in [3.05, 3.63) is 89.5 Å². The Kier molecular flexibility index (Phi) is 6.29. The second-order valence-corrected chi connectivity index (χ2v) is 12.7. The summed E-state index contributed by atoms with van der Waals surface area (Å²) in [6.07, 6.45) is 1.73. The van der Waals surface area contributed by atoms with Crippen LogP contribution in [0.1, 0.15) is 15.9 Å². The molecule has 44 heavy (non-hydrogen) atoms. The first-order valence-electron chi connectivity index (χ1n) is 13.7. The molecule has 5 heterocycles. The second kappa shape index (κ2) is 9.98. The summed E-state index contributed by atoms with van der Waals surface area (Å²) in [6, 6.07) is 17.5. The van der Waals surface area contributed by atoms with Gasteiger partial charge in [0.25, 0.3) is 5.91 Å². The van der Waals surface area contributed by atoms with Crippen LogP contribution < -0.4 is 9.62 Å². The van der Waals surface area contributed by atoms with Gasteiger partial charge in [-0.25, -0.2) is 22.2 Å². The molecule has 1 aliphatic rings. The topological polar surface area (TPSA) is 110 Å². The predicted molar refractivity (Wildman–Crippen MR) is 164 cm³/mol. The first-order chi connectivity index (χ1) is 21.0. The van der Waals surface area contributed by atoms with Crippen molar-refractivity contribution in [2.45, 2.75) is 13.0 Å². The lowest BCUT2D eigenvalue weighted by Crippen LogP contribution is -2.26. The fraction of sp³-hybridized carbons (Fsp3) is 0.156. The van der Waals surface area contributed by atoms with Crippen molar-refractivity contribution in [3.8, 4) is 34.0 Å². The van der Waals surface area contributed by atoms with E-state index in [0.717, 1.165) is 27.3 Å². The number of hydrogen-bond donors (Lipinski definition) is 1. The summed E-state index contributed by atoms with van der Waals surface area (Å²) in [4.78, 5) is 22.8. The number of aryl methyl sites for hydroxylation is 2. The Morgan fingerprint density at radius 3 is 2.52 bits per heavy atom. The lowest BCUT2D eigenvalue weighted by molar-refractivity contribution is 0.0964. The minimum absolute atomic E-state index is 0.0192. The summed E-state index contributed by atoms with van der Waals surface area (Å²) in [7, 11) is -0.944. The first-order valence-corrected chi connectivity index (χ1v) is 15.6. The van der Waals surface area contributed by atoms with Crippen molar-refractivity contribution < 1.29 is 26.4 Å². The summed E-state index contributed by atoms with van der Waals surface area (Å²) in [5.74, 6) is -1.05. The average molecular weight is 614 g/mol. The van der Waals surface area contributed by atoms with Crippen molar-refractivity contribution in [1.82, 2.24) is 19.9 Å². The maximum Gasteiger partial charge on any atom is 0.255 e. The standard InChI is InChI=1S/C32H25F2N5O4S/c1-35-31(40)27-22-15-21(30(38(2)44(3,41)42)37-32(22)43-29(27)18-7-10-19(33)11-8-18)24-12-9-17-13-14-39-25-6-4-5-23(34)20(25)16-26(39)28(17)36-24/h4-12,15-16H,13-14H2,1-3H3,(H,35,40). The van der Waals surface area contributed by atoms with Crippen LogP contribution in [0, 0.1) is 11.6 Å². The van der Waals surface area contributed by atoms with Crippen LogP contribution >= 0.6 is 0 Å². The zero-order valence-corrected chi connectivity index (χ0v) is 24.7. The van der Waals surface area contributed by atoms with Crippen molar-refractivity contribution in [3.63, 3.8) is 0 Å². The Morgan fingerprint density at radius 1 is 1.02 bits per heavy atom. The molecule has 0 unspecified atom stereocenters. The molecule has 1 aliphatic heterocycles. The van der Waals surface area contributed by atoms with Crippen LogP contribution in [0.25, 0.3) is 56.0 Å². The van der Waals surface area contributed by atoms with Crippen molar-refractivity contribution in [1.29, 1.82) is 0 Å². The molecule has 0 saturated heterocycles. The highest BCUT2D eigenvalue weighted by Gasteiger charge is 2.29. The molecular weight excluding hydrogens is 588 g/mol. The Hall–Kier alpha value is -5.10. The number of fused-ring (bicyclic) bond motifs is 6. The second-order valence-electron chi connectivity index (χ2n) is 10.6. The molecule has 0 spiro atoms. The third-order valence-corrected chi connectivity index (χ3v) is 9.18. The number of pyridine rings is 2. The van der Waals surface area contributed by atoms with E-state index >= 15 is 0 Å². The average Bonchev–Trinajstić information content (AvgIpc) is 3.59. The summed E-state index contributed by atoms with van der Waals surface area (Å²) < 4.78 is 63.0. The van der Waals surface area contributed by atoms with E-state index in [1.54, 1.807) is 24.3 Å². The third kappa shape index (κ3) is 4.32. The number of benzene rings is 2. The first kappa shape index (κ1) is 27.7. The van der Waals surface area contributed by atoms with Gasteiger partial charge in [-0.3, -0.25) is 9.10 Å². The number of aromatic nitrogens is 3. The van der Waals surface area contributed by atoms with E-state index in [4.69, 9.17) is 9.40 Å². The molecule has 2 aromatic carbocycles. The molecule has 4 aromatic heterocycles. The van der Waals surface area contributed by atoms with Gasteiger partial charge in [-0.1, -0.05) is 12.1 Å². The van der Waals surface area contributed by atoms with Gasteiger partial charge in [-0.15, -0.1) is 0 Å². The summed E-state index contributed by atoms with van der Waals surface area (Å²) >= 11 is 0. The minimum Gasteiger partial charge on any atom is -0.437 e. The highest BCUT2D eigenvalue weighted by atomic mass is 32.2. The highest BCUT2D eigenvalue weighted by Crippen LogP contribution is 2.41. The maximum absolute atomic E-state index is 14.7. The molecule has 9 nitrogen and oxygen atoms in total. The van der Waals surface area contributed by atoms with E-state index in [9.17, 15) is 22.0 Å². The number of anilines is 1. The normalized spacial score (nSPS) is 12.8. The van der Waals surface area contributed by atoms with Gasteiger partial charge in [0.1, 0.15) is 17.4 Å². The number of hydrogen-bond acceptors (Lipinski definition) is 6. The van der Waals surface area contributed by atoms with Crippen LogP contribution in [-0.2, 0) is 23.0 Å². The number of furan rings is 1. The van der Waals surface area contributed by atoms with Crippen LogP contribution in [0.3, 0.4) is 0 Å². The van der Waals surface area contributed by atoms with Gasteiger partial charge in [-0.2, -0.15) is 4.98 Å². The number of amides is 1. The number of nitrogens with one attached hydrogen (secondary N) is 1. The third-order valence-electron chi connectivity index (χ3n) is 8.01. The zero-order chi connectivity index (χ0) is 30.9. The Bertz CT molecular complexity index is 2260. The van der Waals surface area contributed by atoms with Gasteiger partial charge in [-0.05, 0) is 66.6 Å². The highest BCUT2D eigenvalue weighted by molar-refractivity contribution is 7.92. The zero-order valence-electron chi connectivity index (χ0n) is 23.9. The quantitative estimate of drug-likeness (QED) is 0.265. The molecule has 0 atom stereocenters. The molecule has 0 bridgehead atoms. The monoisotopic (exact) mass is 613 g/mol. The van der Waals surface area contributed by atoms with Crippen LogP contribution in [0.15, 0.2) is 71.1 Å². The Labute approximate surface area is 250 Å². The number of rotatable bonds is 5. The van der Waals surface area contributed by atoms with Gasteiger partial charge in [0.15, 0.2) is 5.82 Å². The number of carbonyl (C=O) groups excluding carboxylic acids is 1. The molecule has 1 N–H and O–H groups in total. The summed E-state index contributed by atoms with van der Waals surface area (Å²) in [5.41, 5.74) is 4.46. The van der Waals surface area contributed by atoms with E-state index in [1.165, 1.54) is 44.4 Å². The molecule has 7 rings (SSSR count). The smallest absolute Gasteiger partial charge is 0.255 e. The fourth-order valence-electron chi connectivity index (χ4n) is 5.73. The van der Waals surface area contributed by atoms with E-state index in [0.29, 0.717) is 46.3 Å². The molecule has 6 aromatic rings. The van der Waals surface area contributed by atoms with Gasteiger partial charge < -0.3 is 14.3 Å². The molecule has 222 valence electrons. The largest absolute Gasteiger partial charge is 0.437 e. The Balaban J connectivity index is 1.50. The van der Waals surface area contributed by atoms with E-state index in [-0.39, 0.29) is 28.7 Å². The van der Waals surface area contributed by atoms with Gasteiger partial charge in [0, 0.05) is 37.2 Å². The lowest BCUT2D eigenvalue weighted by atomic mass is 10.0. The minimum atomic E-state index is -3.79. The SMILES string of the molecule is CNC(=O)c1c(-c2ccc(F)cc2)oc2nc(N(C)S(C)(=O)=O)c(-c3ccc4c(n3)-c3cc5c(F)cccc5n3CC4)cc12. The van der Waals surface area contributed by atoms with Gasteiger partial charge in [0.05, 0.1) is 39.8 Å². The van der Waals surface area contributed by atoms with Crippen LogP contribution in [-0.4, -0.2) is 49.2 Å². The number of nitrogens with zero attached hydrogens (tertiary/aromatic N) is 4. The molecule has 1 amide bonds. The number of carbonyl (C=O) groups is 1. The molecular formula is C32H25F2N5O4S. The molecule has 12 heteroatoms. The summed E-state index contributed by atoms with van der Waals surface area (Å²) in [5, 5.41) is 3.43. The molecule has 0 radical (unpaired) electrons. The van der Waals surface area contributed by atoms with E-state index in [1.807, 2.05) is 16.7 Å². The van der Waals surface area contributed by atoms with Crippen LogP contribution in [0.4, 0.5) is 14.6 Å². The van der Waals surface area contributed by atoms with Crippen LogP contribution in [0.5, 0.6) is 0 Å². The van der Waals surface area contributed by atoms with Crippen molar-refractivity contribution in [2.75, 3.05) is 24.7 Å². The van der Waals surface area contributed by atoms with Gasteiger partial charge >= 0.3 is 0 Å². The predicted octanol–water partition coefficient (Wildman–Crippen LogP) is 5.77. The summed E-state index contributed by atoms with van der Waals surface area (Å²) in [6.45, 7) is 0.655. The van der Waals surface area contributed by atoms with E-state index in [2.05, 4.69) is 10.3 Å². The fourth-order valence-corrected chi connectivity index (χ4v) is 6.19. The van der Waals surface area contributed by atoms with E-state index < -0.39 is 21.7 Å². The Morgan fingerprint density at radius 2 is 1.80 bits per heavy atom. The van der Waals surface area contributed by atoms with Crippen LogP contribution in [0.2, 0.25) is 0 Å². The van der Waals surface area contributed by atoms with Crippen molar-refractivity contribution >= 4 is 43.8 Å². The maximum atomic E-state index is 14.7. The van der Waals surface area contributed by atoms with Gasteiger partial charge in [0.2, 0.25) is 15.7 Å². The number of halogens is 2. The number of sulfonamides is 1.